The first-order valence-electron chi connectivity index (χ1n) is 10.3. The fourth-order valence-electron chi connectivity index (χ4n) is 4.99. The molecule has 6 rings (SSSR count). The molecule has 1 unspecified atom stereocenters. The third-order valence-electron chi connectivity index (χ3n) is 6.39. The zero-order valence-electron chi connectivity index (χ0n) is 17.1. The highest BCUT2D eigenvalue weighted by Gasteiger charge is 2.47. The summed E-state index contributed by atoms with van der Waals surface area (Å²) in [6.07, 6.45) is 0. The summed E-state index contributed by atoms with van der Waals surface area (Å²) < 4.78 is 5.60. The Morgan fingerprint density at radius 2 is 1.12 bits per heavy atom. The lowest BCUT2D eigenvalue weighted by atomic mass is 9.73. The van der Waals surface area contributed by atoms with E-state index in [0.29, 0.717) is 39.3 Å². The van der Waals surface area contributed by atoms with Crippen LogP contribution in [0, 0.1) is 0 Å². The van der Waals surface area contributed by atoms with E-state index in [2.05, 4.69) is 5.32 Å². The SMILES string of the molecule is COc1ccccc1C1C2=C(NC3=C1C(=O)c1ccccc13)C(=O)c1ccccc1C2=O. The Hall–Kier alpha value is -4.25. The van der Waals surface area contributed by atoms with Gasteiger partial charge in [0.2, 0.25) is 5.78 Å². The maximum Gasteiger partial charge on any atom is 0.210 e. The average Bonchev–Trinajstić information content (AvgIpc) is 3.13. The zero-order valence-corrected chi connectivity index (χ0v) is 17.1. The number of carbonyl (C=O) groups excluding carboxylic acids is 3. The Morgan fingerprint density at radius 3 is 1.78 bits per heavy atom. The number of fused-ring (bicyclic) bond motifs is 3. The number of hydrogen-bond donors (Lipinski definition) is 1. The number of carbonyl (C=O) groups is 3. The van der Waals surface area contributed by atoms with Gasteiger partial charge in [0.25, 0.3) is 0 Å². The Bertz CT molecular complexity index is 1440. The highest BCUT2D eigenvalue weighted by atomic mass is 16.5. The van der Waals surface area contributed by atoms with E-state index in [-0.39, 0.29) is 28.6 Å². The smallest absolute Gasteiger partial charge is 0.210 e. The van der Waals surface area contributed by atoms with E-state index in [4.69, 9.17) is 4.74 Å². The van der Waals surface area contributed by atoms with Crippen molar-refractivity contribution in [3.05, 3.63) is 117 Å². The van der Waals surface area contributed by atoms with Gasteiger partial charge in [-0.1, -0.05) is 66.7 Å². The van der Waals surface area contributed by atoms with E-state index in [1.807, 2.05) is 36.4 Å². The third kappa shape index (κ3) is 2.30. The standard InChI is InChI=1S/C27H17NO4/c1-32-19-13-7-6-12-18(19)20-21-23(14-8-2-3-9-15(14)25(21)29)28-24-22(20)26(30)16-10-4-5-11-17(16)27(24)31/h2-13,20,28H,1H3. The summed E-state index contributed by atoms with van der Waals surface area (Å²) in [5.74, 6) is -0.819. The molecule has 2 aliphatic carbocycles. The minimum absolute atomic E-state index is 0.148. The number of Topliss-reactive ketones (excluding diaryl/α,β-unsaturated/α-hetero) is 3. The zero-order chi connectivity index (χ0) is 22.0. The lowest BCUT2D eigenvalue weighted by Crippen LogP contribution is -2.36. The van der Waals surface area contributed by atoms with Crippen LogP contribution in [0.3, 0.4) is 0 Å². The van der Waals surface area contributed by atoms with Crippen LogP contribution in [0.25, 0.3) is 5.70 Å². The molecule has 5 nitrogen and oxygen atoms in total. The van der Waals surface area contributed by atoms with Crippen LogP contribution in [0.4, 0.5) is 0 Å². The van der Waals surface area contributed by atoms with Crippen molar-refractivity contribution in [3.63, 3.8) is 0 Å². The van der Waals surface area contributed by atoms with Crippen molar-refractivity contribution < 1.29 is 19.1 Å². The fraction of sp³-hybridized carbons (Fsp3) is 0.0741. The molecule has 1 atom stereocenters. The first-order chi connectivity index (χ1) is 15.6. The number of benzene rings is 3. The van der Waals surface area contributed by atoms with Crippen LogP contribution < -0.4 is 10.1 Å². The van der Waals surface area contributed by atoms with Gasteiger partial charge in [0.05, 0.1) is 18.5 Å². The van der Waals surface area contributed by atoms with Gasteiger partial charge in [0.1, 0.15) is 5.75 Å². The summed E-state index contributed by atoms with van der Waals surface area (Å²) in [7, 11) is 1.55. The normalized spacial score (nSPS) is 18.7. The molecule has 0 spiro atoms. The van der Waals surface area contributed by atoms with E-state index in [9.17, 15) is 14.4 Å². The predicted octanol–water partition coefficient (Wildman–Crippen LogP) is 4.32. The highest BCUT2D eigenvalue weighted by molar-refractivity contribution is 6.31. The topological polar surface area (TPSA) is 72.5 Å². The van der Waals surface area contributed by atoms with Crippen LogP contribution in [0.5, 0.6) is 5.75 Å². The van der Waals surface area contributed by atoms with Gasteiger partial charge in [-0.25, -0.2) is 0 Å². The molecule has 3 aromatic rings. The van der Waals surface area contributed by atoms with Gasteiger partial charge in [-0.3, -0.25) is 14.4 Å². The van der Waals surface area contributed by atoms with Crippen LogP contribution in [-0.4, -0.2) is 24.5 Å². The van der Waals surface area contributed by atoms with Gasteiger partial charge in [0, 0.05) is 44.9 Å². The molecule has 0 saturated carbocycles. The largest absolute Gasteiger partial charge is 0.496 e. The number of rotatable bonds is 2. The molecule has 32 heavy (non-hydrogen) atoms. The number of ether oxygens (including phenoxy) is 1. The summed E-state index contributed by atoms with van der Waals surface area (Å²) in [4.78, 5) is 40.8. The van der Waals surface area contributed by atoms with E-state index in [1.54, 1.807) is 43.5 Å². The van der Waals surface area contributed by atoms with Crippen LogP contribution >= 0.6 is 0 Å². The summed E-state index contributed by atoms with van der Waals surface area (Å²) >= 11 is 0. The molecule has 1 aliphatic heterocycles. The van der Waals surface area contributed by atoms with E-state index < -0.39 is 5.92 Å². The lowest BCUT2D eigenvalue weighted by Gasteiger charge is -2.33. The van der Waals surface area contributed by atoms with Gasteiger partial charge in [-0.05, 0) is 6.07 Å². The number of hydrogen-bond acceptors (Lipinski definition) is 5. The Balaban J connectivity index is 1.66. The van der Waals surface area contributed by atoms with Gasteiger partial charge in [0.15, 0.2) is 11.6 Å². The molecule has 0 fully saturated rings. The monoisotopic (exact) mass is 419 g/mol. The number of ketones is 3. The first kappa shape index (κ1) is 18.5. The average molecular weight is 419 g/mol. The number of allylic oxidation sites excluding steroid dienone is 3. The van der Waals surface area contributed by atoms with Crippen molar-refractivity contribution in [2.75, 3.05) is 7.11 Å². The molecule has 3 aromatic carbocycles. The third-order valence-corrected chi connectivity index (χ3v) is 6.39. The Labute approximate surface area is 184 Å². The number of methoxy groups -OCH3 is 1. The maximum atomic E-state index is 13.7. The quantitative estimate of drug-likeness (QED) is 0.670. The molecule has 3 aliphatic rings. The molecule has 0 aromatic heterocycles. The predicted molar refractivity (Wildman–Crippen MR) is 119 cm³/mol. The molecule has 5 heteroatoms. The molecule has 0 saturated heterocycles. The second-order valence-corrected chi connectivity index (χ2v) is 7.96. The van der Waals surface area contributed by atoms with Crippen molar-refractivity contribution >= 4 is 23.0 Å². The summed E-state index contributed by atoms with van der Waals surface area (Å²) in [6.45, 7) is 0. The van der Waals surface area contributed by atoms with E-state index in [1.165, 1.54) is 0 Å². The van der Waals surface area contributed by atoms with Crippen LogP contribution in [0.2, 0.25) is 0 Å². The van der Waals surface area contributed by atoms with Crippen LogP contribution in [0.15, 0.2) is 89.6 Å². The number of nitrogens with one attached hydrogen (secondary N) is 1. The van der Waals surface area contributed by atoms with Crippen molar-refractivity contribution in [3.8, 4) is 5.75 Å². The van der Waals surface area contributed by atoms with Gasteiger partial charge in [-0.2, -0.15) is 0 Å². The molecule has 0 bridgehead atoms. The van der Waals surface area contributed by atoms with Gasteiger partial charge in [-0.15, -0.1) is 0 Å². The summed E-state index contributed by atoms with van der Waals surface area (Å²) in [5.41, 5.74) is 4.26. The molecule has 1 heterocycles. The molecule has 1 N–H and O–H groups in total. The second kappa shape index (κ2) is 6.62. The molecular weight excluding hydrogens is 402 g/mol. The minimum Gasteiger partial charge on any atom is -0.496 e. The van der Waals surface area contributed by atoms with E-state index in [0.717, 1.165) is 5.56 Å². The van der Waals surface area contributed by atoms with Crippen molar-refractivity contribution in [1.29, 1.82) is 0 Å². The van der Waals surface area contributed by atoms with Gasteiger partial charge >= 0.3 is 0 Å². The van der Waals surface area contributed by atoms with Crippen LogP contribution in [0.1, 0.15) is 48.1 Å². The van der Waals surface area contributed by atoms with Crippen molar-refractivity contribution in [2.24, 2.45) is 0 Å². The molecule has 0 radical (unpaired) electrons. The minimum atomic E-state index is -0.720. The summed E-state index contributed by atoms with van der Waals surface area (Å²) in [5, 5.41) is 3.19. The first-order valence-corrected chi connectivity index (χ1v) is 10.3. The number of para-hydroxylation sites is 1. The Kier molecular flexibility index (Phi) is 3.83. The second-order valence-electron chi connectivity index (χ2n) is 7.96. The maximum absolute atomic E-state index is 13.7. The van der Waals surface area contributed by atoms with Gasteiger partial charge < -0.3 is 10.1 Å². The molecule has 154 valence electrons. The number of dihydropyridines is 1. The van der Waals surface area contributed by atoms with E-state index >= 15 is 0 Å². The van der Waals surface area contributed by atoms with Crippen molar-refractivity contribution in [2.45, 2.75) is 5.92 Å². The fourth-order valence-corrected chi connectivity index (χ4v) is 4.99. The van der Waals surface area contributed by atoms with Crippen LogP contribution in [-0.2, 0) is 0 Å². The molecular formula is C27H17NO4. The molecule has 0 amide bonds. The summed E-state index contributed by atoms with van der Waals surface area (Å²) in [6, 6.07) is 21.4. The van der Waals surface area contributed by atoms with Crippen molar-refractivity contribution in [1.82, 2.24) is 5.32 Å². The Morgan fingerprint density at radius 1 is 0.625 bits per heavy atom. The highest BCUT2D eigenvalue weighted by Crippen LogP contribution is 2.50. The lowest BCUT2D eigenvalue weighted by molar-refractivity contribution is 0.0961.